The summed E-state index contributed by atoms with van der Waals surface area (Å²) >= 11 is 5.80. The van der Waals surface area contributed by atoms with Crippen LogP contribution in [0.3, 0.4) is 0 Å². The van der Waals surface area contributed by atoms with Crippen LogP contribution in [0.1, 0.15) is 40.7 Å². The van der Waals surface area contributed by atoms with E-state index in [0.29, 0.717) is 11.4 Å². The van der Waals surface area contributed by atoms with Crippen molar-refractivity contribution in [3.05, 3.63) is 52.8 Å². The zero-order chi connectivity index (χ0) is 15.6. The van der Waals surface area contributed by atoms with E-state index in [0.717, 1.165) is 0 Å². The molecule has 0 atom stereocenters. The second kappa shape index (κ2) is 6.01. The van der Waals surface area contributed by atoms with E-state index in [2.05, 4.69) is 5.32 Å². The van der Waals surface area contributed by atoms with E-state index in [1.807, 2.05) is 24.6 Å². The second-order valence-electron chi connectivity index (χ2n) is 4.85. The van der Waals surface area contributed by atoms with Crippen LogP contribution in [0.2, 0.25) is 5.02 Å². The third-order valence-corrected chi connectivity index (χ3v) is 3.35. The summed E-state index contributed by atoms with van der Waals surface area (Å²) in [6, 6.07) is 8.01. The number of benzene rings is 1. The van der Waals surface area contributed by atoms with Crippen molar-refractivity contribution in [2.24, 2.45) is 0 Å². The molecule has 0 aliphatic carbocycles. The van der Waals surface area contributed by atoms with Crippen LogP contribution < -0.4 is 5.32 Å². The molecular formula is C15H15ClN2O3. The first-order valence-corrected chi connectivity index (χ1v) is 6.79. The predicted molar refractivity (Wildman–Crippen MR) is 81.2 cm³/mol. The van der Waals surface area contributed by atoms with Gasteiger partial charge in [-0.2, -0.15) is 0 Å². The number of halogens is 1. The van der Waals surface area contributed by atoms with Gasteiger partial charge in [0, 0.05) is 17.9 Å². The normalized spacial score (nSPS) is 10.7. The molecule has 0 saturated carbocycles. The van der Waals surface area contributed by atoms with Crippen LogP contribution in [-0.4, -0.2) is 21.6 Å². The lowest BCUT2D eigenvalue weighted by Gasteiger charge is -2.13. The van der Waals surface area contributed by atoms with Crippen LogP contribution in [0.25, 0.3) is 0 Å². The van der Waals surface area contributed by atoms with E-state index in [4.69, 9.17) is 16.7 Å². The minimum absolute atomic E-state index is 0.0475. The van der Waals surface area contributed by atoms with Gasteiger partial charge in [0.2, 0.25) is 0 Å². The Kier molecular flexibility index (Phi) is 4.33. The van der Waals surface area contributed by atoms with Crippen molar-refractivity contribution in [3.63, 3.8) is 0 Å². The number of hydrogen-bond acceptors (Lipinski definition) is 2. The van der Waals surface area contributed by atoms with Crippen molar-refractivity contribution in [2.75, 3.05) is 5.32 Å². The minimum Gasteiger partial charge on any atom is -0.478 e. The summed E-state index contributed by atoms with van der Waals surface area (Å²) in [5.74, 6) is -1.44. The minimum atomic E-state index is -1.14. The number of aromatic nitrogens is 1. The van der Waals surface area contributed by atoms with Gasteiger partial charge in [0.1, 0.15) is 5.69 Å². The smallest absolute Gasteiger partial charge is 0.337 e. The third kappa shape index (κ3) is 3.25. The molecule has 0 fully saturated rings. The molecule has 0 radical (unpaired) electrons. The molecular weight excluding hydrogens is 292 g/mol. The number of anilines is 1. The van der Waals surface area contributed by atoms with E-state index in [-0.39, 0.29) is 22.5 Å². The van der Waals surface area contributed by atoms with Crippen LogP contribution in [0.15, 0.2) is 36.5 Å². The van der Waals surface area contributed by atoms with Crippen LogP contribution in [0, 0.1) is 0 Å². The number of carbonyl (C=O) groups is 2. The molecule has 5 nitrogen and oxygen atoms in total. The first-order chi connectivity index (χ1) is 9.90. The summed E-state index contributed by atoms with van der Waals surface area (Å²) in [5, 5.41) is 11.8. The first kappa shape index (κ1) is 15.1. The maximum atomic E-state index is 12.3. The average molecular weight is 307 g/mol. The number of carboxylic acid groups (broad SMARTS) is 1. The molecule has 2 aromatic rings. The fraction of sp³-hybridized carbons (Fsp3) is 0.200. The molecule has 0 saturated heterocycles. The highest BCUT2D eigenvalue weighted by Crippen LogP contribution is 2.21. The molecule has 1 aromatic carbocycles. The lowest BCUT2D eigenvalue weighted by molar-refractivity contribution is 0.0696. The van der Waals surface area contributed by atoms with Crippen LogP contribution in [0.4, 0.5) is 5.69 Å². The van der Waals surface area contributed by atoms with Gasteiger partial charge in [-0.25, -0.2) is 4.79 Å². The van der Waals surface area contributed by atoms with Gasteiger partial charge in [-0.15, -0.1) is 0 Å². The predicted octanol–water partition coefficient (Wildman–Crippen LogP) is 3.67. The van der Waals surface area contributed by atoms with Crippen LogP contribution in [0.5, 0.6) is 0 Å². The molecule has 0 bridgehead atoms. The summed E-state index contributed by atoms with van der Waals surface area (Å²) in [4.78, 5) is 23.3. The lowest BCUT2D eigenvalue weighted by Crippen LogP contribution is -2.18. The largest absolute Gasteiger partial charge is 0.478 e. The Morgan fingerprint density at radius 2 is 2.00 bits per heavy atom. The number of hydrogen-bond donors (Lipinski definition) is 2. The monoisotopic (exact) mass is 306 g/mol. The summed E-state index contributed by atoms with van der Waals surface area (Å²) in [6.45, 7) is 3.95. The summed E-state index contributed by atoms with van der Waals surface area (Å²) in [6.07, 6.45) is 1.82. The summed E-state index contributed by atoms with van der Waals surface area (Å²) in [7, 11) is 0. The highest BCUT2D eigenvalue weighted by atomic mass is 35.5. The molecule has 1 amide bonds. The first-order valence-electron chi connectivity index (χ1n) is 6.41. The SMILES string of the molecule is CC(C)n1cccc1C(=O)Nc1ccc(Cl)c(C(=O)O)c1. The summed E-state index contributed by atoms with van der Waals surface area (Å²) < 4.78 is 1.84. The van der Waals surface area contributed by atoms with Crippen molar-refractivity contribution in [3.8, 4) is 0 Å². The highest BCUT2D eigenvalue weighted by Gasteiger charge is 2.15. The third-order valence-electron chi connectivity index (χ3n) is 3.02. The molecule has 2 rings (SSSR count). The second-order valence-corrected chi connectivity index (χ2v) is 5.26. The average Bonchev–Trinajstić information content (AvgIpc) is 2.90. The van der Waals surface area contributed by atoms with Crippen molar-refractivity contribution >= 4 is 29.2 Å². The topological polar surface area (TPSA) is 71.3 Å². The van der Waals surface area contributed by atoms with Crippen LogP contribution in [-0.2, 0) is 0 Å². The molecule has 0 spiro atoms. The molecule has 1 heterocycles. The highest BCUT2D eigenvalue weighted by molar-refractivity contribution is 6.33. The molecule has 0 aliphatic heterocycles. The van der Waals surface area contributed by atoms with E-state index in [9.17, 15) is 9.59 Å². The Morgan fingerprint density at radius 3 is 2.62 bits per heavy atom. The van der Waals surface area contributed by atoms with E-state index in [1.54, 1.807) is 18.2 Å². The standard InChI is InChI=1S/C15H15ClN2O3/c1-9(2)18-7-3-4-13(18)14(19)17-10-5-6-12(16)11(8-10)15(20)21/h3-9H,1-2H3,(H,17,19)(H,20,21). The maximum Gasteiger partial charge on any atom is 0.337 e. The van der Waals surface area contributed by atoms with Crippen LogP contribution >= 0.6 is 11.6 Å². The number of aromatic carboxylic acids is 1. The Hall–Kier alpha value is -2.27. The van der Waals surface area contributed by atoms with Gasteiger partial charge >= 0.3 is 5.97 Å². The van der Waals surface area contributed by atoms with E-state index < -0.39 is 5.97 Å². The number of nitrogens with zero attached hydrogens (tertiary/aromatic N) is 1. The zero-order valence-corrected chi connectivity index (χ0v) is 12.4. The molecule has 0 unspecified atom stereocenters. The molecule has 21 heavy (non-hydrogen) atoms. The Morgan fingerprint density at radius 1 is 1.29 bits per heavy atom. The number of carbonyl (C=O) groups excluding carboxylic acids is 1. The number of rotatable bonds is 4. The lowest BCUT2D eigenvalue weighted by atomic mass is 10.2. The quantitative estimate of drug-likeness (QED) is 0.905. The number of amides is 1. The van der Waals surface area contributed by atoms with Gasteiger partial charge in [-0.3, -0.25) is 4.79 Å². The van der Waals surface area contributed by atoms with Gasteiger partial charge < -0.3 is 15.0 Å². The van der Waals surface area contributed by atoms with E-state index >= 15 is 0 Å². The van der Waals surface area contributed by atoms with Crippen molar-refractivity contribution < 1.29 is 14.7 Å². The molecule has 2 N–H and O–H groups in total. The maximum absolute atomic E-state index is 12.3. The Balaban J connectivity index is 2.26. The Bertz CT molecular complexity index is 692. The fourth-order valence-corrected chi connectivity index (χ4v) is 2.20. The molecule has 1 aromatic heterocycles. The molecule has 110 valence electrons. The van der Waals surface area contributed by atoms with Gasteiger partial charge in [0.15, 0.2) is 0 Å². The van der Waals surface area contributed by atoms with Crippen molar-refractivity contribution in [2.45, 2.75) is 19.9 Å². The van der Waals surface area contributed by atoms with Crippen molar-refractivity contribution in [1.29, 1.82) is 0 Å². The van der Waals surface area contributed by atoms with Gasteiger partial charge in [0.25, 0.3) is 5.91 Å². The van der Waals surface area contributed by atoms with Gasteiger partial charge in [0.05, 0.1) is 10.6 Å². The summed E-state index contributed by atoms with van der Waals surface area (Å²) in [5.41, 5.74) is 0.851. The number of carboxylic acids is 1. The van der Waals surface area contributed by atoms with Gasteiger partial charge in [-0.05, 0) is 44.2 Å². The zero-order valence-electron chi connectivity index (χ0n) is 11.6. The molecule has 0 aliphatic rings. The molecule has 6 heteroatoms. The Labute approximate surface area is 127 Å². The van der Waals surface area contributed by atoms with Crippen molar-refractivity contribution in [1.82, 2.24) is 4.57 Å². The number of nitrogens with one attached hydrogen (secondary N) is 1. The fourth-order valence-electron chi connectivity index (χ4n) is 2.00. The van der Waals surface area contributed by atoms with Gasteiger partial charge in [-0.1, -0.05) is 11.6 Å². The van der Waals surface area contributed by atoms with E-state index in [1.165, 1.54) is 12.1 Å².